The molecular weight excluding hydrogens is 705 g/mol. The van der Waals surface area contributed by atoms with E-state index in [-0.39, 0.29) is 58.7 Å². The lowest BCUT2D eigenvalue weighted by atomic mass is 9.43. The standard InChI is InChI=1S/C24H40O4.C24H38O4/c2*1-14(4-7-21(27)28)17-5-6-18-22-19(9-11-24(17,18)3)23(2)10-8-16(25)12-15(23)13-20(22)26/h14-20,22,25-26H,4-13H2,1-3H3,(H,27,28);14-19,22,25H,4-13H2,1-3H3,(H,27,28)/t14-,15+,16-,17-,18+,19+,20-,22+,23+,24-;14-,15+,16-,17-,18+,19+,22+,23+,24-/m11/s1. The van der Waals surface area contributed by atoms with Gasteiger partial charge in [-0.15, -0.1) is 0 Å². The van der Waals surface area contributed by atoms with E-state index in [2.05, 4.69) is 41.5 Å². The zero-order chi connectivity index (χ0) is 40.5. The summed E-state index contributed by atoms with van der Waals surface area (Å²) in [6, 6.07) is 0. The van der Waals surface area contributed by atoms with E-state index in [4.69, 9.17) is 10.2 Å². The minimum absolute atomic E-state index is 0.179. The van der Waals surface area contributed by atoms with Gasteiger partial charge in [0.15, 0.2) is 0 Å². The first kappa shape index (κ1) is 42.6. The first-order valence-corrected chi connectivity index (χ1v) is 23.3. The van der Waals surface area contributed by atoms with Crippen molar-refractivity contribution in [2.75, 3.05) is 0 Å². The molecule has 8 saturated carbocycles. The fraction of sp³-hybridized carbons (Fsp3) is 0.938. The SMILES string of the molecule is C[C@H](CCC(=O)O)[C@H]1CC[C@H]2[C@@H]3C(=O)C[C@@H]4C[C@H](O)CC[C@]4(C)[C@H]3CC[C@]12C.C[C@H](CCC(=O)O)[C@H]1CC[C@H]2[C@@H]3[C@H](O)C[C@@H]4C[C@H](O)CC[C@]4(C)[C@H]3CC[C@]12C. The number of carbonyl (C=O) groups excluding carboxylic acids is 1. The van der Waals surface area contributed by atoms with Crippen molar-refractivity contribution in [2.24, 2.45) is 92.7 Å². The molecule has 0 saturated heterocycles. The van der Waals surface area contributed by atoms with E-state index in [1.807, 2.05) is 0 Å². The Kier molecular flexibility index (Phi) is 12.0. The number of aliphatic hydroxyl groups is 3. The zero-order valence-electron chi connectivity index (χ0n) is 35.8. The third-order valence-electron chi connectivity index (χ3n) is 20.2. The number of rotatable bonds is 8. The van der Waals surface area contributed by atoms with Crippen LogP contribution in [0.15, 0.2) is 0 Å². The van der Waals surface area contributed by atoms with E-state index in [1.54, 1.807) is 0 Å². The lowest BCUT2D eigenvalue weighted by Gasteiger charge is -2.62. The van der Waals surface area contributed by atoms with Crippen molar-refractivity contribution >= 4 is 17.7 Å². The summed E-state index contributed by atoms with van der Waals surface area (Å²) in [5.41, 5.74) is 0.924. The van der Waals surface area contributed by atoms with Crippen LogP contribution in [-0.4, -0.2) is 61.6 Å². The molecule has 8 aliphatic carbocycles. The van der Waals surface area contributed by atoms with Gasteiger partial charge in [0, 0.05) is 25.2 Å². The van der Waals surface area contributed by atoms with Crippen LogP contribution in [0.4, 0.5) is 0 Å². The fourth-order valence-electron chi connectivity index (χ4n) is 17.2. The fourth-order valence-corrected chi connectivity index (χ4v) is 17.2. The zero-order valence-corrected chi connectivity index (χ0v) is 35.8. The molecule has 0 radical (unpaired) electrons. The van der Waals surface area contributed by atoms with Crippen molar-refractivity contribution in [2.45, 2.75) is 188 Å². The predicted molar refractivity (Wildman–Crippen MR) is 216 cm³/mol. The van der Waals surface area contributed by atoms with Gasteiger partial charge < -0.3 is 25.5 Å². The molecule has 0 aromatic carbocycles. The number of Topliss-reactive ketones (excluding diaryl/α,β-unsaturated/α-hetero) is 1. The van der Waals surface area contributed by atoms with Gasteiger partial charge in [-0.05, 0) is 196 Å². The number of ketones is 1. The molecule has 0 heterocycles. The second-order valence-electron chi connectivity index (χ2n) is 22.5. The third kappa shape index (κ3) is 7.26. The molecule has 0 bridgehead atoms. The van der Waals surface area contributed by atoms with Crippen LogP contribution in [0.3, 0.4) is 0 Å². The second-order valence-corrected chi connectivity index (χ2v) is 22.5. The summed E-state index contributed by atoms with van der Waals surface area (Å²) in [5.74, 6) is 4.60. The summed E-state index contributed by atoms with van der Waals surface area (Å²) in [7, 11) is 0. The monoisotopic (exact) mass is 783 g/mol. The number of fused-ring (bicyclic) bond motifs is 10. The van der Waals surface area contributed by atoms with Crippen LogP contribution in [0.25, 0.3) is 0 Å². The van der Waals surface area contributed by atoms with Gasteiger partial charge >= 0.3 is 11.9 Å². The minimum atomic E-state index is -0.698. The quantitative estimate of drug-likeness (QED) is 0.164. The Labute approximate surface area is 337 Å². The summed E-state index contributed by atoms with van der Waals surface area (Å²) < 4.78 is 0. The van der Waals surface area contributed by atoms with Crippen molar-refractivity contribution in [1.82, 2.24) is 0 Å². The number of carboxylic acids is 2. The highest BCUT2D eigenvalue weighted by atomic mass is 16.4. The molecule has 0 amide bonds. The maximum absolute atomic E-state index is 13.3. The van der Waals surface area contributed by atoms with Gasteiger partial charge in [0.1, 0.15) is 5.78 Å². The number of carboxylic acid groups (broad SMARTS) is 2. The summed E-state index contributed by atoms with van der Waals surface area (Å²) in [6.45, 7) is 14.2. The van der Waals surface area contributed by atoms with Gasteiger partial charge in [0.2, 0.25) is 0 Å². The van der Waals surface area contributed by atoms with E-state index in [0.717, 1.165) is 77.0 Å². The van der Waals surface area contributed by atoms with E-state index in [9.17, 15) is 29.7 Å². The molecule has 8 aliphatic rings. The van der Waals surface area contributed by atoms with Crippen LogP contribution in [0.5, 0.6) is 0 Å². The van der Waals surface area contributed by atoms with Crippen molar-refractivity contribution in [3.05, 3.63) is 0 Å². The molecule has 19 atom stereocenters. The molecule has 5 N–H and O–H groups in total. The van der Waals surface area contributed by atoms with E-state index >= 15 is 0 Å². The molecule has 0 aromatic rings. The Bertz CT molecular complexity index is 1460. The third-order valence-corrected chi connectivity index (χ3v) is 20.2. The van der Waals surface area contributed by atoms with Crippen molar-refractivity contribution in [3.8, 4) is 0 Å². The Morgan fingerprint density at radius 3 is 1.57 bits per heavy atom. The molecule has 8 fully saturated rings. The van der Waals surface area contributed by atoms with Gasteiger partial charge in [-0.1, -0.05) is 41.5 Å². The van der Waals surface area contributed by atoms with Gasteiger partial charge in [0.25, 0.3) is 0 Å². The number of aliphatic carboxylic acids is 2. The number of aliphatic hydroxyl groups excluding tert-OH is 3. The number of carbonyl (C=O) groups is 3. The van der Waals surface area contributed by atoms with Crippen LogP contribution >= 0.6 is 0 Å². The van der Waals surface area contributed by atoms with Gasteiger partial charge in [-0.3, -0.25) is 14.4 Å². The molecule has 0 unspecified atom stereocenters. The summed E-state index contributed by atoms with van der Waals surface area (Å²) >= 11 is 0. The topological polar surface area (TPSA) is 152 Å². The first-order valence-electron chi connectivity index (χ1n) is 23.3. The normalized spacial score (nSPS) is 50.4. The van der Waals surface area contributed by atoms with E-state index < -0.39 is 11.9 Å². The highest BCUT2D eigenvalue weighted by Crippen LogP contribution is 2.70. The maximum atomic E-state index is 13.3. The van der Waals surface area contributed by atoms with Gasteiger partial charge in [-0.2, -0.15) is 0 Å². The Morgan fingerprint density at radius 1 is 0.589 bits per heavy atom. The number of hydrogen-bond donors (Lipinski definition) is 5. The molecular formula is C48H78O8. The highest BCUT2D eigenvalue weighted by Gasteiger charge is 2.64. The average molecular weight is 783 g/mol. The lowest BCUT2D eigenvalue weighted by Crippen LogP contribution is -2.58. The Morgan fingerprint density at radius 2 is 1.02 bits per heavy atom. The van der Waals surface area contributed by atoms with Gasteiger partial charge in [0.05, 0.1) is 18.3 Å². The molecule has 8 heteroatoms. The Hall–Kier alpha value is -1.51. The largest absolute Gasteiger partial charge is 0.481 e. The predicted octanol–water partition coefficient (Wildman–Crippen LogP) is 9.16. The molecule has 318 valence electrons. The average Bonchev–Trinajstić information content (AvgIpc) is 3.68. The van der Waals surface area contributed by atoms with Crippen molar-refractivity contribution in [3.63, 3.8) is 0 Å². The van der Waals surface area contributed by atoms with Crippen LogP contribution < -0.4 is 0 Å². The smallest absolute Gasteiger partial charge is 0.303 e. The van der Waals surface area contributed by atoms with Crippen molar-refractivity contribution < 1.29 is 39.9 Å². The summed E-state index contributed by atoms with van der Waals surface area (Å²) in [5, 5.41) is 49.8. The molecule has 8 nitrogen and oxygen atoms in total. The van der Waals surface area contributed by atoms with Crippen LogP contribution in [0, 0.1) is 92.7 Å². The maximum Gasteiger partial charge on any atom is 0.303 e. The summed E-state index contributed by atoms with van der Waals surface area (Å²) in [4.78, 5) is 35.4. The van der Waals surface area contributed by atoms with Crippen LogP contribution in [0.2, 0.25) is 0 Å². The first-order chi connectivity index (χ1) is 26.3. The molecule has 8 rings (SSSR count). The molecule has 56 heavy (non-hydrogen) atoms. The van der Waals surface area contributed by atoms with E-state index in [0.29, 0.717) is 77.3 Å². The van der Waals surface area contributed by atoms with Gasteiger partial charge in [-0.25, -0.2) is 0 Å². The number of hydrogen-bond acceptors (Lipinski definition) is 6. The minimum Gasteiger partial charge on any atom is -0.481 e. The van der Waals surface area contributed by atoms with E-state index in [1.165, 1.54) is 32.1 Å². The molecule has 0 aliphatic heterocycles. The summed E-state index contributed by atoms with van der Waals surface area (Å²) in [6.07, 6.45) is 18.0. The van der Waals surface area contributed by atoms with Crippen molar-refractivity contribution in [1.29, 1.82) is 0 Å². The van der Waals surface area contributed by atoms with Crippen LogP contribution in [-0.2, 0) is 14.4 Å². The lowest BCUT2D eigenvalue weighted by molar-refractivity contribution is -0.174. The highest BCUT2D eigenvalue weighted by molar-refractivity contribution is 5.83. The second kappa shape index (κ2) is 15.8. The van der Waals surface area contributed by atoms with Crippen LogP contribution in [0.1, 0.15) is 170 Å². The Balaban J connectivity index is 0.000000172. The molecule has 0 spiro atoms. The molecule has 0 aromatic heterocycles.